The van der Waals surface area contributed by atoms with Gasteiger partial charge in [-0.25, -0.2) is 0 Å². The molecule has 1 atom stereocenters. The number of aromatic nitrogens is 1. The summed E-state index contributed by atoms with van der Waals surface area (Å²) in [4.78, 5) is 23.4. The highest BCUT2D eigenvalue weighted by Gasteiger charge is 2.41. The van der Waals surface area contributed by atoms with Crippen LogP contribution in [0, 0.1) is 0 Å². The van der Waals surface area contributed by atoms with Crippen molar-refractivity contribution in [2.45, 2.75) is 31.1 Å². The molecule has 1 aliphatic rings. The number of ether oxygens (including phenoxy) is 3. The SMILES string of the molecule is O=COC(c1ccccc1)(c1ccccc1)c1cc(CNCCCOc2ccc(CCNCC(O)c3ccc(O)c4c3OCC(=O)N4)cc2)on1. The quantitative estimate of drug-likeness (QED) is 0.0495. The number of nitrogens with one attached hydrogen (secondary N) is 3. The molecule has 12 heteroatoms. The number of phenols is 1. The smallest absolute Gasteiger partial charge is 0.294 e. The molecule has 264 valence electrons. The Balaban J connectivity index is 0.918. The molecule has 0 radical (unpaired) electrons. The normalized spacial score (nSPS) is 13.1. The highest BCUT2D eigenvalue weighted by Crippen LogP contribution is 2.42. The minimum atomic E-state index is -1.25. The molecule has 12 nitrogen and oxygen atoms in total. The Bertz CT molecular complexity index is 1840. The van der Waals surface area contributed by atoms with E-state index in [1.807, 2.05) is 91.0 Å². The summed E-state index contributed by atoms with van der Waals surface area (Å²) in [7, 11) is 0. The van der Waals surface area contributed by atoms with Crippen LogP contribution in [-0.4, -0.2) is 60.6 Å². The molecule has 1 unspecified atom stereocenters. The lowest BCUT2D eigenvalue weighted by molar-refractivity contribution is -0.137. The zero-order chi connectivity index (χ0) is 35.5. The Morgan fingerprint density at radius 3 is 2.37 bits per heavy atom. The van der Waals surface area contributed by atoms with Crippen LogP contribution in [0.5, 0.6) is 17.2 Å². The van der Waals surface area contributed by atoms with Crippen LogP contribution in [0.25, 0.3) is 0 Å². The number of anilines is 1. The van der Waals surface area contributed by atoms with Gasteiger partial charge in [-0.05, 0) is 55.8 Å². The van der Waals surface area contributed by atoms with Crippen molar-refractivity contribution in [1.29, 1.82) is 0 Å². The predicted molar refractivity (Wildman–Crippen MR) is 188 cm³/mol. The van der Waals surface area contributed by atoms with Gasteiger partial charge in [0, 0.05) is 29.3 Å². The Kier molecular flexibility index (Phi) is 11.6. The summed E-state index contributed by atoms with van der Waals surface area (Å²) in [5, 5.41) is 34.3. The van der Waals surface area contributed by atoms with Crippen molar-refractivity contribution < 1.29 is 38.5 Å². The highest BCUT2D eigenvalue weighted by atomic mass is 16.5. The Morgan fingerprint density at radius 2 is 1.67 bits per heavy atom. The first kappa shape index (κ1) is 35.1. The van der Waals surface area contributed by atoms with Gasteiger partial charge >= 0.3 is 0 Å². The van der Waals surface area contributed by atoms with E-state index in [0.717, 1.165) is 35.3 Å². The average Bonchev–Trinajstić information content (AvgIpc) is 3.64. The second-order valence-electron chi connectivity index (χ2n) is 12.0. The van der Waals surface area contributed by atoms with E-state index in [1.165, 1.54) is 6.07 Å². The summed E-state index contributed by atoms with van der Waals surface area (Å²) in [6, 6.07) is 31.7. The number of carbonyl (C=O) groups is 2. The number of aliphatic hydroxyl groups excluding tert-OH is 1. The Morgan fingerprint density at radius 1 is 0.941 bits per heavy atom. The summed E-state index contributed by atoms with van der Waals surface area (Å²) in [5.74, 6) is 1.21. The molecule has 6 rings (SSSR count). The number of aromatic hydroxyl groups is 1. The molecule has 0 spiro atoms. The molecule has 4 aromatic carbocycles. The monoisotopic (exact) mass is 692 g/mol. The van der Waals surface area contributed by atoms with Gasteiger partial charge in [-0.1, -0.05) is 78.0 Å². The maximum atomic E-state index is 11.8. The van der Waals surface area contributed by atoms with E-state index in [1.54, 1.807) is 6.07 Å². The molecule has 0 aliphatic carbocycles. The van der Waals surface area contributed by atoms with Crippen molar-refractivity contribution in [3.05, 3.63) is 137 Å². The van der Waals surface area contributed by atoms with E-state index >= 15 is 0 Å². The third-order valence-electron chi connectivity index (χ3n) is 8.56. The standard InChI is InChI=1S/C39H40N4O8/c44-26-50-39(28-8-3-1-4-9-28,29-10-5-2-6-11-29)35-22-31(51-43-35)23-40-19-7-21-48-30-14-12-27(13-15-30)18-20-41-24-34(46)32-16-17-33(45)37-38(32)49-25-36(47)42-37/h1-6,8-17,22,26,34,40-41,45-46H,7,18-21,23-25H2,(H,42,47). The fourth-order valence-electron chi connectivity index (χ4n) is 6.01. The number of nitrogens with zero attached hydrogens (tertiary/aromatic N) is 1. The van der Waals surface area contributed by atoms with Gasteiger partial charge < -0.3 is 44.9 Å². The van der Waals surface area contributed by atoms with Crippen molar-refractivity contribution in [2.75, 3.05) is 38.2 Å². The summed E-state index contributed by atoms with van der Waals surface area (Å²) >= 11 is 0. The molecular formula is C39H40N4O8. The largest absolute Gasteiger partial charge is 0.506 e. The third kappa shape index (κ3) is 8.38. The zero-order valence-electron chi connectivity index (χ0n) is 27.9. The van der Waals surface area contributed by atoms with Gasteiger partial charge in [0.1, 0.15) is 22.9 Å². The predicted octanol–water partition coefficient (Wildman–Crippen LogP) is 4.60. The van der Waals surface area contributed by atoms with Gasteiger partial charge in [0.25, 0.3) is 12.4 Å². The van der Waals surface area contributed by atoms with Gasteiger partial charge in [0.15, 0.2) is 18.1 Å². The lowest BCUT2D eigenvalue weighted by Crippen LogP contribution is -2.33. The molecule has 0 bridgehead atoms. The number of carbonyl (C=O) groups excluding carboxylic acids is 2. The molecular weight excluding hydrogens is 652 g/mol. The summed E-state index contributed by atoms with van der Waals surface area (Å²) in [5.41, 5.74) is 2.53. The fourth-order valence-corrected chi connectivity index (χ4v) is 6.01. The zero-order valence-corrected chi connectivity index (χ0v) is 27.9. The van der Waals surface area contributed by atoms with Crippen LogP contribution < -0.4 is 25.4 Å². The number of hydrogen-bond acceptors (Lipinski definition) is 11. The minimum Gasteiger partial charge on any atom is -0.506 e. The average molecular weight is 693 g/mol. The maximum absolute atomic E-state index is 11.8. The van der Waals surface area contributed by atoms with Crippen molar-refractivity contribution >= 4 is 18.1 Å². The van der Waals surface area contributed by atoms with Gasteiger partial charge in [0.05, 0.1) is 19.3 Å². The fraction of sp³-hybridized carbons (Fsp3) is 0.256. The van der Waals surface area contributed by atoms with E-state index in [0.29, 0.717) is 49.7 Å². The lowest BCUT2D eigenvalue weighted by atomic mass is 9.83. The molecule has 5 N–H and O–H groups in total. The second kappa shape index (κ2) is 16.8. The number of phenolic OH excluding ortho intramolecular Hbond substituents is 1. The third-order valence-corrected chi connectivity index (χ3v) is 8.56. The summed E-state index contributed by atoms with van der Waals surface area (Å²) in [6.07, 6.45) is 0.636. The summed E-state index contributed by atoms with van der Waals surface area (Å²) < 4.78 is 22.9. The summed E-state index contributed by atoms with van der Waals surface area (Å²) in [6.45, 7) is 2.84. The van der Waals surface area contributed by atoms with Crippen molar-refractivity contribution in [1.82, 2.24) is 15.8 Å². The number of fused-ring (bicyclic) bond motifs is 1. The second-order valence-corrected chi connectivity index (χ2v) is 12.0. The Hall–Kier alpha value is -5.69. The van der Waals surface area contributed by atoms with Crippen molar-refractivity contribution in [3.8, 4) is 17.2 Å². The number of hydrogen-bond donors (Lipinski definition) is 5. The first-order valence-electron chi connectivity index (χ1n) is 16.8. The number of rotatable bonds is 18. The van der Waals surface area contributed by atoms with E-state index in [9.17, 15) is 19.8 Å². The van der Waals surface area contributed by atoms with Gasteiger partial charge in [0.2, 0.25) is 5.60 Å². The highest BCUT2D eigenvalue weighted by molar-refractivity contribution is 5.97. The first-order valence-corrected chi connectivity index (χ1v) is 16.8. The molecule has 0 fully saturated rings. The van der Waals surface area contributed by atoms with Crippen LogP contribution >= 0.6 is 0 Å². The van der Waals surface area contributed by atoms with Crippen LogP contribution in [-0.2, 0) is 32.9 Å². The van der Waals surface area contributed by atoms with Crippen LogP contribution in [0.2, 0.25) is 0 Å². The topological polar surface area (TPSA) is 164 Å². The van der Waals surface area contributed by atoms with Crippen molar-refractivity contribution in [3.63, 3.8) is 0 Å². The number of benzene rings is 4. The lowest BCUT2D eigenvalue weighted by Gasteiger charge is -2.30. The maximum Gasteiger partial charge on any atom is 0.294 e. The number of aliphatic hydroxyl groups is 1. The molecule has 0 saturated carbocycles. The van der Waals surface area contributed by atoms with E-state index in [4.69, 9.17) is 18.7 Å². The van der Waals surface area contributed by atoms with Gasteiger partial charge in [-0.3, -0.25) is 9.59 Å². The molecule has 51 heavy (non-hydrogen) atoms. The minimum absolute atomic E-state index is 0.109. The first-order chi connectivity index (χ1) is 25.0. The molecule has 2 heterocycles. The number of amides is 1. The molecule has 1 aliphatic heterocycles. The van der Waals surface area contributed by atoms with Crippen LogP contribution in [0.1, 0.15) is 46.2 Å². The molecule has 5 aromatic rings. The van der Waals surface area contributed by atoms with Crippen molar-refractivity contribution in [2.24, 2.45) is 0 Å². The van der Waals surface area contributed by atoms with E-state index < -0.39 is 11.7 Å². The van der Waals surface area contributed by atoms with E-state index in [-0.39, 0.29) is 36.2 Å². The van der Waals surface area contributed by atoms with Gasteiger partial charge in [-0.15, -0.1) is 0 Å². The van der Waals surface area contributed by atoms with E-state index in [2.05, 4.69) is 21.1 Å². The Labute approximate surface area is 295 Å². The van der Waals surface area contributed by atoms with Crippen LogP contribution in [0.3, 0.4) is 0 Å². The van der Waals surface area contributed by atoms with Gasteiger partial charge in [-0.2, -0.15) is 0 Å². The van der Waals surface area contributed by atoms with Crippen LogP contribution in [0.4, 0.5) is 5.69 Å². The van der Waals surface area contributed by atoms with Crippen LogP contribution in [0.15, 0.2) is 108 Å². The molecule has 1 amide bonds. The molecule has 0 saturated heterocycles. The molecule has 1 aromatic heterocycles.